The lowest BCUT2D eigenvalue weighted by atomic mass is 10.2. The van der Waals surface area contributed by atoms with Crippen LogP contribution in [0.15, 0.2) is 65.2 Å². The molecule has 0 atom stereocenters. The molecule has 0 aliphatic rings. The zero-order chi connectivity index (χ0) is 17.6. The van der Waals surface area contributed by atoms with E-state index in [4.69, 9.17) is 4.52 Å². The van der Waals surface area contributed by atoms with E-state index in [0.29, 0.717) is 23.0 Å². The molecule has 7 heteroatoms. The predicted molar refractivity (Wildman–Crippen MR) is 95.3 cm³/mol. The van der Waals surface area contributed by atoms with Gasteiger partial charge in [-0.3, -0.25) is 10.1 Å². The van der Waals surface area contributed by atoms with Gasteiger partial charge in [0.05, 0.1) is 0 Å². The summed E-state index contributed by atoms with van der Waals surface area (Å²) in [6.07, 6.45) is 0. The molecular formula is C18H16N4O3. The van der Waals surface area contributed by atoms with Gasteiger partial charge in [-0.1, -0.05) is 41.6 Å². The molecule has 2 aromatic carbocycles. The van der Waals surface area contributed by atoms with E-state index in [1.807, 2.05) is 30.3 Å². The Hall–Kier alpha value is -3.61. The highest BCUT2D eigenvalue weighted by Gasteiger charge is 2.10. The average molecular weight is 336 g/mol. The standard InChI is InChI=1S/C18H16N4O3/c1-12(23)19-14-8-5-9-15(10-14)20-18(24)21-17-11-16(25-22-17)13-6-3-2-4-7-13/h2-11H,1H3,(H,19,23)(H2,20,21,22,24). The van der Waals surface area contributed by atoms with Gasteiger partial charge in [-0.15, -0.1) is 0 Å². The molecule has 1 heterocycles. The number of carbonyl (C=O) groups is 2. The Morgan fingerprint density at radius 3 is 2.32 bits per heavy atom. The van der Waals surface area contributed by atoms with Crippen molar-refractivity contribution in [3.63, 3.8) is 0 Å². The molecule has 0 unspecified atom stereocenters. The molecule has 25 heavy (non-hydrogen) atoms. The summed E-state index contributed by atoms with van der Waals surface area (Å²) >= 11 is 0. The zero-order valence-electron chi connectivity index (χ0n) is 13.4. The highest BCUT2D eigenvalue weighted by Crippen LogP contribution is 2.22. The van der Waals surface area contributed by atoms with Crippen LogP contribution in [-0.4, -0.2) is 17.1 Å². The van der Waals surface area contributed by atoms with E-state index in [2.05, 4.69) is 21.1 Å². The van der Waals surface area contributed by atoms with Crippen LogP contribution in [0.4, 0.5) is 22.0 Å². The van der Waals surface area contributed by atoms with E-state index in [0.717, 1.165) is 5.56 Å². The SMILES string of the molecule is CC(=O)Nc1cccc(NC(=O)Nc2cc(-c3ccccc3)on2)c1. The Balaban J connectivity index is 1.63. The van der Waals surface area contributed by atoms with Gasteiger partial charge in [0.1, 0.15) is 0 Å². The van der Waals surface area contributed by atoms with Crippen molar-refractivity contribution < 1.29 is 14.1 Å². The molecule has 3 N–H and O–H groups in total. The van der Waals surface area contributed by atoms with Gasteiger partial charge in [0.25, 0.3) is 0 Å². The number of anilines is 3. The fourth-order valence-corrected chi connectivity index (χ4v) is 2.23. The smallest absolute Gasteiger partial charge is 0.324 e. The number of carbonyl (C=O) groups excluding carboxylic acids is 2. The topological polar surface area (TPSA) is 96.3 Å². The minimum absolute atomic E-state index is 0.183. The molecule has 1 aromatic heterocycles. The molecular weight excluding hydrogens is 320 g/mol. The summed E-state index contributed by atoms with van der Waals surface area (Å²) in [5, 5.41) is 11.7. The first kappa shape index (κ1) is 16.3. The lowest BCUT2D eigenvalue weighted by Crippen LogP contribution is -2.19. The van der Waals surface area contributed by atoms with Crippen LogP contribution in [-0.2, 0) is 4.79 Å². The largest absolute Gasteiger partial charge is 0.354 e. The molecule has 0 fully saturated rings. The number of hydrogen-bond acceptors (Lipinski definition) is 4. The highest BCUT2D eigenvalue weighted by atomic mass is 16.5. The van der Waals surface area contributed by atoms with Crippen LogP contribution in [0.2, 0.25) is 0 Å². The monoisotopic (exact) mass is 336 g/mol. The van der Waals surface area contributed by atoms with Crippen LogP contribution in [0.5, 0.6) is 0 Å². The quantitative estimate of drug-likeness (QED) is 0.672. The third-order valence-corrected chi connectivity index (χ3v) is 3.25. The fraction of sp³-hybridized carbons (Fsp3) is 0.0556. The van der Waals surface area contributed by atoms with Crippen LogP contribution in [0.1, 0.15) is 6.92 Å². The van der Waals surface area contributed by atoms with Crippen molar-refractivity contribution in [2.75, 3.05) is 16.0 Å². The lowest BCUT2D eigenvalue weighted by Gasteiger charge is -2.07. The van der Waals surface area contributed by atoms with Crippen LogP contribution < -0.4 is 16.0 Å². The Bertz CT molecular complexity index is 890. The number of amides is 3. The van der Waals surface area contributed by atoms with E-state index >= 15 is 0 Å². The van der Waals surface area contributed by atoms with Gasteiger partial charge in [-0.25, -0.2) is 4.79 Å². The molecule has 0 radical (unpaired) electrons. The second-order valence-electron chi connectivity index (χ2n) is 5.28. The van der Waals surface area contributed by atoms with Crippen LogP contribution >= 0.6 is 0 Å². The summed E-state index contributed by atoms with van der Waals surface area (Å²) in [4.78, 5) is 23.1. The number of benzene rings is 2. The van der Waals surface area contributed by atoms with Gasteiger partial charge in [-0.05, 0) is 18.2 Å². The molecule has 126 valence electrons. The van der Waals surface area contributed by atoms with Crippen molar-refractivity contribution in [1.82, 2.24) is 5.16 Å². The van der Waals surface area contributed by atoms with Gasteiger partial charge < -0.3 is 15.2 Å². The first-order chi connectivity index (χ1) is 12.1. The summed E-state index contributed by atoms with van der Waals surface area (Å²) in [6, 6.07) is 17.5. The lowest BCUT2D eigenvalue weighted by molar-refractivity contribution is -0.114. The summed E-state index contributed by atoms with van der Waals surface area (Å²) in [5.41, 5.74) is 2.00. The number of aromatic nitrogens is 1. The molecule has 0 aliphatic heterocycles. The Labute approximate surface area is 144 Å². The first-order valence-electron chi connectivity index (χ1n) is 7.58. The normalized spacial score (nSPS) is 10.1. The Morgan fingerprint density at radius 2 is 1.60 bits per heavy atom. The van der Waals surface area contributed by atoms with Crippen molar-refractivity contribution in [3.05, 3.63) is 60.7 Å². The van der Waals surface area contributed by atoms with Gasteiger partial charge in [-0.2, -0.15) is 0 Å². The fourth-order valence-electron chi connectivity index (χ4n) is 2.23. The summed E-state index contributed by atoms with van der Waals surface area (Å²) in [5.74, 6) is 0.676. The molecule has 0 bridgehead atoms. The molecule has 0 spiro atoms. The predicted octanol–water partition coefficient (Wildman–Crippen LogP) is 3.94. The summed E-state index contributed by atoms with van der Waals surface area (Å²) in [6.45, 7) is 1.42. The van der Waals surface area contributed by atoms with E-state index < -0.39 is 6.03 Å². The van der Waals surface area contributed by atoms with E-state index in [-0.39, 0.29) is 5.91 Å². The number of urea groups is 1. The molecule has 0 saturated carbocycles. The van der Waals surface area contributed by atoms with Crippen molar-refractivity contribution in [3.8, 4) is 11.3 Å². The number of nitrogens with one attached hydrogen (secondary N) is 3. The molecule has 3 amide bonds. The first-order valence-corrected chi connectivity index (χ1v) is 7.58. The minimum atomic E-state index is -0.465. The second-order valence-corrected chi connectivity index (χ2v) is 5.28. The minimum Gasteiger partial charge on any atom is -0.354 e. The maximum absolute atomic E-state index is 12.1. The zero-order valence-corrected chi connectivity index (χ0v) is 13.4. The average Bonchev–Trinajstić information content (AvgIpc) is 3.03. The van der Waals surface area contributed by atoms with Crippen molar-refractivity contribution in [2.24, 2.45) is 0 Å². The molecule has 7 nitrogen and oxygen atoms in total. The highest BCUT2D eigenvalue weighted by molar-refractivity contribution is 6.00. The third kappa shape index (κ3) is 4.44. The van der Waals surface area contributed by atoms with E-state index in [9.17, 15) is 9.59 Å². The van der Waals surface area contributed by atoms with Crippen LogP contribution in [0.3, 0.4) is 0 Å². The van der Waals surface area contributed by atoms with Gasteiger partial charge in [0.15, 0.2) is 11.6 Å². The summed E-state index contributed by atoms with van der Waals surface area (Å²) in [7, 11) is 0. The van der Waals surface area contributed by atoms with Crippen molar-refractivity contribution >= 4 is 29.1 Å². The number of nitrogens with zero attached hydrogens (tertiary/aromatic N) is 1. The van der Waals surface area contributed by atoms with Crippen molar-refractivity contribution in [1.29, 1.82) is 0 Å². The Morgan fingerprint density at radius 1 is 0.880 bits per heavy atom. The van der Waals surface area contributed by atoms with Gasteiger partial charge >= 0.3 is 6.03 Å². The van der Waals surface area contributed by atoms with Crippen LogP contribution in [0, 0.1) is 0 Å². The van der Waals surface area contributed by atoms with Gasteiger partial charge in [0.2, 0.25) is 5.91 Å². The third-order valence-electron chi connectivity index (χ3n) is 3.25. The van der Waals surface area contributed by atoms with E-state index in [1.165, 1.54) is 6.92 Å². The molecule has 0 aliphatic carbocycles. The van der Waals surface area contributed by atoms with Crippen molar-refractivity contribution in [2.45, 2.75) is 6.92 Å². The molecule has 0 saturated heterocycles. The summed E-state index contributed by atoms with van der Waals surface area (Å²) < 4.78 is 5.22. The van der Waals surface area contributed by atoms with E-state index in [1.54, 1.807) is 30.3 Å². The maximum atomic E-state index is 12.1. The molecule has 3 rings (SSSR count). The van der Waals surface area contributed by atoms with Gasteiger partial charge in [0, 0.05) is 29.9 Å². The Kier molecular flexibility index (Phi) is 4.75. The number of rotatable bonds is 4. The second kappa shape index (κ2) is 7.31. The number of hydrogen-bond donors (Lipinski definition) is 3. The van der Waals surface area contributed by atoms with Crippen LogP contribution in [0.25, 0.3) is 11.3 Å². The maximum Gasteiger partial charge on any atom is 0.324 e. The molecule has 3 aromatic rings.